The lowest BCUT2D eigenvalue weighted by Gasteiger charge is -2.25. The smallest absolute Gasteiger partial charge is 0.0140 e. The molecular weight excluding hydrogens is 132 g/mol. The van der Waals surface area contributed by atoms with Crippen LogP contribution in [0.5, 0.6) is 0 Å². The average molecular weight is 152 g/mol. The van der Waals surface area contributed by atoms with E-state index in [1.807, 2.05) is 0 Å². The third-order valence-electron chi connectivity index (χ3n) is 2.52. The molecule has 0 heterocycles. The van der Waals surface area contributed by atoms with Gasteiger partial charge in [0, 0.05) is 6.42 Å². The van der Waals surface area contributed by atoms with Crippen molar-refractivity contribution in [2.45, 2.75) is 52.9 Å². The molecule has 0 radical (unpaired) electrons. The fourth-order valence-corrected chi connectivity index (χ4v) is 1.24. The second-order valence-corrected chi connectivity index (χ2v) is 3.65. The first-order valence-corrected chi connectivity index (χ1v) is 4.62. The van der Waals surface area contributed by atoms with Crippen LogP contribution in [0.25, 0.3) is 0 Å². The van der Waals surface area contributed by atoms with Crippen LogP contribution in [0.15, 0.2) is 0 Å². The summed E-state index contributed by atoms with van der Waals surface area (Å²) in [5.74, 6) is 2.77. The van der Waals surface area contributed by atoms with Crippen molar-refractivity contribution in [3.05, 3.63) is 0 Å². The van der Waals surface area contributed by atoms with Gasteiger partial charge in [-0.25, -0.2) is 0 Å². The average Bonchev–Trinajstić information content (AvgIpc) is 2.02. The minimum absolute atomic E-state index is 0.408. The normalized spacial score (nSPS) is 15.5. The van der Waals surface area contributed by atoms with Gasteiger partial charge in [-0.15, -0.1) is 12.3 Å². The summed E-state index contributed by atoms with van der Waals surface area (Å²) in [6.07, 6.45) is 11.3. The molecule has 0 saturated heterocycles. The van der Waals surface area contributed by atoms with Crippen LogP contribution in [-0.2, 0) is 0 Å². The summed E-state index contributed by atoms with van der Waals surface area (Å²) >= 11 is 0. The lowest BCUT2D eigenvalue weighted by Crippen LogP contribution is -2.13. The largest absolute Gasteiger partial charge is 0.120 e. The maximum Gasteiger partial charge on any atom is 0.0140 e. The Hall–Kier alpha value is -0.440. The summed E-state index contributed by atoms with van der Waals surface area (Å²) in [6, 6.07) is 0. The minimum Gasteiger partial charge on any atom is -0.120 e. The van der Waals surface area contributed by atoms with Crippen LogP contribution < -0.4 is 0 Å². The van der Waals surface area contributed by atoms with Crippen LogP contribution in [-0.4, -0.2) is 0 Å². The Balaban J connectivity index is 3.80. The van der Waals surface area contributed by atoms with Crippen LogP contribution in [0.2, 0.25) is 0 Å². The molecule has 0 amide bonds. The maximum atomic E-state index is 5.31. The van der Waals surface area contributed by atoms with Gasteiger partial charge in [0.2, 0.25) is 0 Å². The Morgan fingerprint density at radius 1 is 1.36 bits per heavy atom. The van der Waals surface area contributed by atoms with Crippen molar-refractivity contribution in [1.82, 2.24) is 0 Å². The van der Waals surface area contributed by atoms with Gasteiger partial charge in [0.25, 0.3) is 0 Å². The van der Waals surface area contributed by atoms with Gasteiger partial charge in [0.05, 0.1) is 0 Å². The highest BCUT2D eigenvalue weighted by Crippen LogP contribution is 2.31. The second kappa shape index (κ2) is 5.24. The zero-order valence-electron chi connectivity index (χ0n) is 8.11. The standard InChI is InChI=1S/C11H20/c1-5-8-10-11(4,7-3)9-6-2/h2H,5,7-10H2,1,3-4H3. The van der Waals surface area contributed by atoms with E-state index in [0.717, 1.165) is 6.42 Å². The number of rotatable bonds is 5. The monoisotopic (exact) mass is 152 g/mol. The van der Waals surface area contributed by atoms with Crippen molar-refractivity contribution in [3.8, 4) is 12.3 Å². The molecule has 0 aromatic rings. The molecule has 0 saturated carbocycles. The Labute approximate surface area is 71.4 Å². The molecule has 1 atom stereocenters. The third kappa shape index (κ3) is 4.09. The Bertz CT molecular complexity index is 129. The fraction of sp³-hybridized carbons (Fsp3) is 0.818. The quantitative estimate of drug-likeness (QED) is 0.528. The summed E-state index contributed by atoms with van der Waals surface area (Å²) < 4.78 is 0. The lowest BCUT2D eigenvalue weighted by atomic mass is 9.80. The van der Waals surface area contributed by atoms with E-state index < -0.39 is 0 Å². The number of unbranched alkanes of at least 4 members (excludes halogenated alkanes) is 1. The Kier molecular flexibility index (Phi) is 5.03. The first-order valence-electron chi connectivity index (χ1n) is 4.62. The van der Waals surface area contributed by atoms with Crippen molar-refractivity contribution >= 4 is 0 Å². The molecular formula is C11H20. The summed E-state index contributed by atoms with van der Waals surface area (Å²) in [7, 11) is 0. The molecule has 0 rings (SSSR count). The van der Waals surface area contributed by atoms with Crippen molar-refractivity contribution in [2.24, 2.45) is 5.41 Å². The highest BCUT2D eigenvalue weighted by atomic mass is 14.2. The molecule has 0 nitrogen and oxygen atoms in total. The van der Waals surface area contributed by atoms with Gasteiger partial charge in [0.1, 0.15) is 0 Å². The van der Waals surface area contributed by atoms with Crippen LogP contribution in [0.3, 0.4) is 0 Å². The summed E-state index contributed by atoms with van der Waals surface area (Å²) in [5.41, 5.74) is 0.408. The van der Waals surface area contributed by atoms with E-state index in [-0.39, 0.29) is 0 Å². The van der Waals surface area contributed by atoms with Gasteiger partial charge in [-0.1, -0.05) is 33.6 Å². The molecule has 0 aliphatic rings. The van der Waals surface area contributed by atoms with Crippen LogP contribution in [0.4, 0.5) is 0 Å². The highest BCUT2D eigenvalue weighted by molar-refractivity contribution is 4.91. The Morgan fingerprint density at radius 3 is 2.36 bits per heavy atom. The lowest BCUT2D eigenvalue weighted by molar-refractivity contribution is 0.284. The van der Waals surface area contributed by atoms with Crippen molar-refractivity contribution in [2.75, 3.05) is 0 Å². The Morgan fingerprint density at radius 2 is 2.00 bits per heavy atom. The third-order valence-corrected chi connectivity index (χ3v) is 2.52. The molecule has 0 N–H and O–H groups in total. The fourth-order valence-electron chi connectivity index (χ4n) is 1.24. The maximum absolute atomic E-state index is 5.31. The van der Waals surface area contributed by atoms with Crippen LogP contribution in [0.1, 0.15) is 52.9 Å². The topological polar surface area (TPSA) is 0 Å². The SMILES string of the molecule is C#CCC(C)(CC)CCCC. The highest BCUT2D eigenvalue weighted by Gasteiger charge is 2.19. The first-order chi connectivity index (χ1) is 5.18. The molecule has 1 unspecified atom stereocenters. The summed E-state index contributed by atoms with van der Waals surface area (Å²) in [6.45, 7) is 6.75. The van der Waals surface area contributed by atoms with E-state index in [1.54, 1.807) is 0 Å². The van der Waals surface area contributed by atoms with Crippen LogP contribution in [0, 0.1) is 17.8 Å². The van der Waals surface area contributed by atoms with E-state index in [9.17, 15) is 0 Å². The van der Waals surface area contributed by atoms with E-state index in [1.165, 1.54) is 25.7 Å². The first kappa shape index (κ1) is 10.6. The van der Waals surface area contributed by atoms with Crippen molar-refractivity contribution in [1.29, 1.82) is 0 Å². The van der Waals surface area contributed by atoms with E-state index >= 15 is 0 Å². The molecule has 0 aromatic heterocycles. The van der Waals surface area contributed by atoms with Gasteiger partial charge in [0.15, 0.2) is 0 Å². The minimum atomic E-state index is 0.408. The molecule has 0 aliphatic heterocycles. The van der Waals surface area contributed by atoms with E-state index in [2.05, 4.69) is 26.7 Å². The van der Waals surface area contributed by atoms with Gasteiger partial charge in [-0.2, -0.15) is 0 Å². The molecule has 0 aromatic carbocycles. The molecule has 11 heavy (non-hydrogen) atoms. The predicted octanol–water partition coefficient (Wildman–Crippen LogP) is 3.62. The second-order valence-electron chi connectivity index (χ2n) is 3.65. The number of terminal acetylenes is 1. The predicted molar refractivity (Wildman–Crippen MR) is 51.4 cm³/mol. The summed E-state index contributed by atoms with van der Waals surface area (Å²) in [5, 5.41) is 0. The molecule has 64 valence electrons. The van der Waals surface area contributed by atoms with Crippen molar-refractivity contribution in [3.63, 3.8) is 0 Å². The van der Waals surface area contributed by atoms with Gasteiger partial charge < -0.3 is 0 Å². The van der Waals surface area contributed by atoms with Gasteiger partial charge in [-0.3, -0.25) is 0 Å². The molecule has 0 heteroatoms. The molecule has 0 bridgehead atoms. The summed E-state index contributed by atoms with van der Waals surface area (Å²) in [4.78, 5) is 0. The van der Waals surface area contributed by atoms with Gasteiger partial charge in [-0.05, 0) is 18.3 Å². The van der Waals surface area contributed by atoms with Gasteiger partial charge >= 0.3 is 0 Å². The molecule has 0 spiro atoms. The molecule has 0 fully saturated rings. The zero-order chi connectivity index (χ0) is 8.74. The number of hydrogen-bond donors (Lipinski definition) is 0. The number of hydrogen-bond acceptors (Lipinski definition) is 0. The zero-order valence-corrected chi connectivity index (χ0v) is 8.11. The van der Waals surface area contributed by atoms with Crippen LogP contribution >= 0.6 is 0 Å². The molecule has 0 aliphatic carbocycles. The van der Waals surface area contributed by atoms with E-state index in [4.69, 9.17) is 6.42 Å². The van der Waals surface area contributed by atoms with Crippen molar-refractivity contribution < 1.29 is 0 Å². The van der Waals surface area contributed by atoms with E-state index in [0.29, 0.717) is 5.41 Å².